The second-order valence-electron chi connectivity index (χ2n) is 4.34. The van der Waals surface area contributed by atoms with Crippen LogP contribution in [0.5, 0.6) is 0 Å². The van der Waals surface area contributed by atoms with Crippen molar-refractivity contribution in [2.45, 2.75) is 18.8 Å². The highest BCUT2D eigenvalue weighted by atomic mass is 14.7. The molecule has 2 aromatic rings. The molecule has 2 heteroatoms. The smallest absolute Gasteiger partial charge is 0.0737 e. The molecule has 1 aromatic carbocycles. The van der Waals surface area contributed by atoms with E-state index >= 15 is 0 Å². The van der Waals surface area contributed by atoms with E-state index in [1.54, 1.807) is 0 Å². The number of pyridine rings is 1. The summed E-state index contributed by atoms with van der Waals surface area (Å²) in [5.74, 6) is 0.580. The van der Waals surface area contributed by atoms with E-state index in [0.29, 0.717) is 5.92 Å². The van der Waals surface area contributed by atoms with Crippen molar-refractivity contribution in [1.29, 1.82) is 5.26 Å². The molecule has 2 unspecified atom stereocenters. The van der Waals surface area contributed by atoms with Crippen LogP contribution in [0.2, 0.25) is 0 Å². The number of nitrogens with zero attached hydrogens (tertiary/aromatic N) is 2. The Morgan fingerprint density at radius 3 is 2.81 bits per heavy atom. The van der Waals surface area contributed by atoms with Crippen LogP contribution in [0, 0.1) is 17.2 Å². The summed E-state index contributed by atoms with van der Waals surface area (Å²) in [7, 11) is 0. The van der Waals surface area contributed by atoms with Gasteiger partial charge in [-0.3, -0.25) is 4.98 Å². The van der Waals surface area contributed by atoms with E-state index in [4.69, 9.17) is 5.26 Å². The van der Waals surface area contributed by atoms with E-state index < -0.39 is 0 Å². The first-order valence-electron chi connectivity index (χ1n) is 5.63. The minimum absolute atomic E-state index is 0.188. The zero-order valence-electron chi connectivity index (χ0n) is 8.93. The van der Waals surface area contributed by atoms with Gasteiger partial charge in [-0.1, -0.05) is 24.3 Å². The predicted octanol–water partition coefficient (Wildman–Crippen LogP) is 3.25. The van der Waals surface area contributed by atoms with Crippen molar-refractivity contribution in [2.75, 3.05) is 0 Å². The van der Waals surface area contributed by atoms with Crippen LogP contribution in [0.4, 0.5) is 0 Å². The van der Waals surface area contributed by atoms with Crippen LogP contribution in [0.1, 0.15) is 24.3 Å². The normalized spacial score (nSPS) is 23.7. The highest BCUT2D eigenvalue weighted by Gasteiger charge is 2.33. The van der Waals surface area contributed by atoms with E-state index in [9.17, 15) is 0 Å². The first-order chi connectivity index (χ1) is 7.90. The molecular weight excluding hydrogens is 196 g/mol. The molecule has 2 nitrogen and oxygen atoms in total. The lowest BCUT2D eigenvalue weighted by Crippen LogP contribution is -2.22. The Hall–Kier alpha value is -1.88. The van der Waals surface area contributed by atoms with E-state index in [-0.39, 0.29) is 5.92 Å². The summed E-state index contributed by atoms with van der Waals surface area (Å²) in [6.45, 7) is 0. The van der Waals surface area contributed by atoms with Crippen molar-refractivity contribution >= 4 is 10.9 Å². The molecule has 1 fully saturated rings. The van der Waals surface area contributed by atoms with Crippen LogP contribution in [-0.4, -0.2) is 4.98 Å². The molecule has 0 bridgehead atoms. The average molecular weight is 208 g/mol. The van der Waals surface area contributed by atoms with Gasteiger partial charge in [0.05, 0.1) is 17.5 Å². The topological polar surface area (TPSA) is 36.7 Å². The average Bonchev–Trinajstić information content (AvgIpc) is 2.29. The first kappa shape index (κ1) is 9.35. The largest absolute Gasteiger partial charge is 0.256 e. The third kappa shape index (κ3) is 1.29. The van der Waals surface area contributed by atoms with Crippen molar-refractivity contribution in [1.82, 2.24) is 4.98 Å². The zero-order valence-corrected chi connectivity index (χ0v) is 8.93. The van der Waals surface area contributed by atoms with Crippen molar-refractivity contribution in [3.8, 4) is 6.07 Å². The molecule has 0 N–H and O–H groups in total. The third-order valence-electron chi connectivity index (χ3n) is 3.50. The predicted molar refractivity (Wildman–Crippen MR) is 62.8 cm³/mol. The van der Waals surface area contributed by atoms with E-state index in [0.717, 1.165) is 18.4 Å². The van der Waals surface area contributed by atoms with Crippen molar-refractivity contribution in [2.24, 2.45) is 5.92 Å². The van der Waals surface area contributed by atoms with Gasteiger partial charge in [-0.15, -0.1) is 0 Å². The third-order valence-corrected chi connectivity index (χ3v) is 3.50. The molecule has 0 amide bonds. The fourth-order valence-electron chi connectivity index (χ4n) is 2.45. The Kier molecular flexibility index (Phi) is 2.11. The molecule has 1 aromatic heterocycles. The van der Waals surface area contributed by atoms with Gasteiger partial charge in [-0.2, -0.15) is 5.26 Å². The highest BCUT2D eigenvalue weighted by molar-refractivity contribution is 5.82. The summed E-state index contributed by atoms with van der Waals surface area (Å²) in [6.07, 6.45) is 3.98. The molecular formula is C14H12N2. The van der Waals surface area contributed by atoms with Gasteiger partial charge in [0.2, 0.25) is 0 Å². The number of benzene rings is 1. The second kappa shape index (κ2) is 3.61. The molecule has 3 rings (SSSR count). The van der Waals surface area contributed by atoms with Crippen molar-refractivity contribution in [3.63, 3.8) is 0 Å². The second-order valence-corrected chi connectivity index (χ2v) is 4.34. The molecule has 16 heavy (non-hydrogen) atoms. The fraction of sp³-hybridized carbons (Fsp3) is 0.286. The Labute approximate surface area is 94.5 Å². The first-order valence-corrected chi connectivity index (χ1v) is 5.63. The van der Waals surface area contributed by atoms with Gasteiger partial charge < -0.3 is 0 Å². The van der Waals surface area contributed by atoms with E-state index in [2.05, 4.69) is 35.3 Å². The molecule has 0 spiro atoms. The van der Waals surface area contributed by atoms with Crippen LogP contribution in [-0.2, 0) is 0 Å². The summed E-state index contributed by atoms with van der Waals surface area (Å²) < 4.78 is 0. The number of hydrogen-bond acceptors (Lipinski definition) is 2. The summed E-state index contributed by atoms with van der Waals surface area (Å²) in [4.78, 5) is 4.44. The molecule has 78 valence electrons. The van der Waals surface area contributed by atoms with Gasteiger partial charge in [0, 0.05) is 17.5 Å². The number of hydrogen-bond donors (Lipinski definition) is 0. The molecule has 1 aliphatic rings. The van der Waals surface area contributed by atoms with Gasteiger partial charge in [-0.25, -0.2) is 0 Å². The summed E-state index contributed by atoms with van der Waals surface area (Å²) in [5, 5.41) is 10.2. The monoisotopic (exact) mass is 208 g/mol. The quantitative estimate of drug-likeness (QED) is 0.721. The molecule has 1 heterocycles. The summed E-state index contributed by atoms with van der Waals surface area (Å²) in [5.41, 5.74) is 2.31. The van der Waals surface area contributed by atoms with Crippen molar-refractivity contribution in [3.05, 3.63) is 42.1 Å². The Balaban J connectivity index is 2.14. The minimum atomic E-state index is 0.188. The zero-order chi connectivity index (χ0) is 11.0. The Morgan fingerprint density at radius 1 is 1.19 bits per heavy atom. The minimum Gasteiger partial charge on any atom is -0.256 e. The van der Waals surface area contributed by atoms with Crippen LogP contribution >= 0.6 is 0 Å². The van der Waals surface area contributed by atoms with Crippen LogP contribution < -0.4 is 0 Å². The van der Waals surface area contributed by atoms with Gasteiger partial charge in [-0.05, 0) is 24.5 Å². The maximum absolute atomic E-state index is 9.02. The van der Waals surface area contributed by atoms with Crippen molar-refractivity contribution < 1.29 is 0 Å². The maximum atomic E-state index is 9.02. The van der Waals surface area contributed by atoms with E-state index in [1.807, 2.05) is 12.3 Å². The van der Waals surface area contributed by atoms with Gasteiger partial charge in [0.25, 0.3) is 0 Å². The summed E-state index contributed by atoms with van der Waals surface area (Å²) >= 11 is 0. The molecule has 1 aliphatic carbocycles. The standard InChI is InChI=1S/C14H12N2/c15-9-11-6-7-12(11)13-5-1-3-10-4-2-8-16-14(10)13/h1-5,8,11-12H,6-7H2. The lowest BCUT2D eigenvalue weighted by atomic mass is 9.70. The fourth-order valence-corrected chi connectivity index (χ4v) is 2.45. The Bertz CT molecular complexity index is 563. The number of para-hydroxylation sites is 1. The molecule has 0 aliphatic heterocycles. The van der Waals surface area contributed by atoms with Gasteiger partial charge in [0.1, 0.15) is 0 Å². The lowest BCUT2D eigenvalue weighted by molar-refractivity contribution is 0.327. The van der Waals surface area contributed by atoms with E-state index in [1.165, 1.54) is 10.9 Å². The molecule has 1 saturated carbocycles. The Morgan fingerprint density at radius 2 is 2.06 bits per heavy atom. The number of fused-ring (bicyclic) bond motifs is 1. The van der Waals surface area contributed by atoms with Crippen LogP contribution in [0.25, 0.3) is 10.9 Å². The number of nitriles is 1. The SMILES string of the molecule is N#CC1CCC1c1cccc2cccnc12. The molecule has 0 saturated heterocycles. The molecule has 0 radical (unpaired) electrons. The molecule has 2 atom stereocenters. The van der Waals surface area contributed by atoms with Gasteiger partial charge in [0.15, 0.2) is 0 Å². The van der Waals surface area contributed by atoms with Crippen LogP contribution in [0.15, 0.2) is 36.5 Å². The van der Waals surface area contributed by atoms with Gasteiger partial charge >= 0.3 is 0 Å². The maximum Gasteiger partial charge on any atom is 0.0737 e. The highest BCUT2D eigenvalue weighted by Crippen LogP contribution is 2.43. The lowest BCUT2D eigenvalue weighted by Gasteiger charge is -2.32. The summed E-state index contributed by atoms with van der Waals surface area (Å²) in [6, 6.07) is 12.7. The number of rotatable bonds is 1. The van der Waals surface area contributed by atoms with Crippen LogP contribution in [0.3, 0.4) is 0 Å². The number of aromatic nitrogens is 1.